The molecule has 0 bridgehead atoms. The minimum Gasteiger partial charge on any atom is -0.387 e. The molecule has 160 valence electrons. The van der Waals surface area contributed by atoms with E-state index in [0.29, 0.717) is 18.7 Å². The summed E-state index contributed by atoms with van der Waals surface area (Å²) < 4.78 is 1.05. The highest BCUT2D eigenvalue weighted by Crippen LogP contribution is 2.30. The third-order valence-electron chi connectivity index (χ3n) is 5.36. The number of thiophene rings is 1. The van der Waals surface area contributed by atoms with E-state index >= 15 is 0 Å². The predicted octanol–water partition coefficient (Wildman–Crippen LogP) is 3.12. The summed E-state index contributed by atoms with van der Waals surface area (Å²) in [7, 11) is 0. The fraction of sp³-hybridized carbons (Fsp3) is 0.261. The number of nitrogens with zero attached hydrogens (tertiary/aromatic N) is 1. The lowest BCUT2D eigenvalue weighted by Gasteiger charge is -2.19. The molecule has 1 fully saturated rings. The first-order valence-electron chi connectivity index (χ1n) is 10.1. The molecule has 1 unspecified atom stereocenters. The number of rotatable bonds is 5. The highest BCUT2D eigenvalue weighted by Gasteiger charge is 2.24. The number of carbonyl (C=O) groups is 3. The van der Waals surface area contributed by atoms with Crippen LogP contribution in [-0.2, 0) is 14.4 Å². The number of anilines is 2. The predicted molar refractivity (Wildman–Crippen MR) is 121 cm³/mol. The van der Waals surface area contributed by atoms with Crippen LogP contribution in [0.1, 0.15) is 30.1 Å². The van der Waals surface area contributed by atoms with Crippen LogP contribution in [0.2, 0.25) is 0 Å². The van der Waals surface area contributed by atoms with Crippen molar-refractivity contribution in [1.82, 2.24) is 5.32 Å². The fourth-order valence-corrected chi connectivity index (χ4v) is 4.71. The summed E-state index contributed by atoms with van der Waals surface area (Å²) in [5, 5.41) is 18.3. The molecule has 2 heterocycles. The molecule has 3 N–H and O–H groups in total. The van der Waals surface area contributed by atoms with Crippen molar-refractivity contribution in [2.24, 2.45) is 0 Å². The lowest BCUT2D eigenvalue weighted by molar-refractivity contribution is -0.136. The topological polar surface area (TPSA) is 98.7 Å². The lowest BCUT2D eigenvalue weighted by atomic mass is 10.1. The van der Waals surface area contributed by atoms with Gasteiger partial charge in [-0.05, 0) is 47.9 Å². The molecule has 0 radical (unpaired) electrons. The van der Waals surface area contributed by atoms with Crippen LogP contribution in [0.4, 0.5) is 11.4 Å². The van der Waals surface area contributed by atoms with Crippen LogP contribution in [-0.4, -0.2) is 35.9 Å². The molecular weight excluding hydrogens is 414 g/mol. The van der Waals surface area contributed by atoms with Crippen molar-refractivity contribution in [3.8, 4) is 0 Å². The molecule has 7 nitrogen and oxygen atoms in total. The van der Waals surface area contributed by atoms with Gasteiger partial charge in [-0.15, -0.1) is 11.3 Å². The van der Waals surface area contributed by atoms with Crippen molar-refractivity contribution in [1.29, 1.82) is 0 Å². The van der Waals surface area contributed by atoms with E-state index in [2.05, 4.69) is 10.6 Å². The molecule has 1 saturated heterocycles. The monoisotopic (exact) mass is 437 g/mol. The normalized spacial score (nSPS) is 14.6. The molecule has 4 rings (SSSR count). The molecule has 1 atom stereocenters. The van der Waals surface area contributed by atoms with E-state index in [1.807, 2.05) is 36.6 Å². The number of benzene rings is 2. The Morgan fingerprint density at radius 3 is 2.77 bits per heavy atom. The van der Waals surface area contributed by atoms with E-state index in [9.17, 15) is 19.5 Å². The molecule has 1 aromatic heterocycles. The minimum atomic E-state index is -0.917. The number of fused-ring (bicyclic) bond motifs is 1. The standard InChI is InChI=1S/C23H23N3O4S/c1-14-8-9-15(11-18(14)26-10-4-7-21(26)28)25-23(30)22(29)24-12-19(27)17-13-31-20-6-3-2-5-16(17)20/h2-3,5-6,8-9,11,13,19,27H,4,7,10,12H2,1H3,(H,24,29)(H,25,30). The fourth-order valence-electron chi connectivity index (χ4n) is 3.70. The van der Waals surface area contributed by atoms with Crippen LogP contribution in [0.5, 0.6) is 0 Å². The summed E-state index contributed by atoms with van der Waals surface area (Å²) in [6.45, 7) is 2.47. The van der Waals surface area contributed by atoms with E-state index < -0.39 is 17.9 Å². The third kappa shape index (κ3) is 4.45. The zero-order valence-corrected chi connectivity index (χ0v) is 17.9. The van der Waals surface area contributed by atoms with Gasteiger partial charge in [0.05, 0.1) is 6.10 Å². The lowest BCUT2D eigenvalue weighted by Crippen LogP contribution is -2.37. The molecular formula is C23H23N3O4S. The number of aliphatic hydroxyl groups is 1. The minimum absolute atomic E-state index is 0.0549. The van der Waals surface area contributed by atoms with Crippen LogP contribution >= 0.6 is 11.3 Å². The van der Waals surface area contributed by atoms with Gasteiger partial charge in [0, 0.05) is 41.1 Å². The van der Waals surface area contributed by atoms with Crippen molar-refractivity contribution in [2.75, 3.05) is 23.3 Å². The third-order valence-corrected chi connectivity index (χ3v) is 6.35. The maximum Gasteiger partial charge on any atom is 0.313 e. The Balaban J connectivity index is 1.37. The van der Waals surface area contributed by atoms with Gasteiger partial charge in [-0.2, -0.15) is 0 Å². The summed E-state index contributed by atoms with van der Waals surface area (Å²) in [6.07, 6.45) is 0.402. The zero-order valence-electron chi connectivity index (χ0n) is 17.1. The van der Waals surface area contributed by atoms with E-state index in [1.54, 1.807) is 23.1 Å². The molecule has 0 saturated carbocycles. The summed E-state index contributed by atoms with van der Waals surface area (Å²) in [4.78, 5) is 38.3. The number of hydrogen-bond acceptors (Lipinski definition) is 5. The number of aryl methyl sites for hydroxylation is 1. The van der Waals surface area contributed by atoms with Gasteiger partial charge in [0.2, 0.25) is 5.91 Å². The van der Waals surface area contributed by atoms with Gasteiger partial charge in [-0.25, -0.2) is 0 Å². The van der Waals surface area contributed by atoms with Crippen molar-refractivity contribution in [3.63, 3.8) is 0 Å². The highest BCUT2D eigenvalue weighted by atomic mass is 32.1. The molecule has 0 aliphatic carbocycles. The highest BCUT2D eigenvalue weighted by molar-refractivity contribution is 7.17. The Morgan fingerprint density at radius 1 is 1.19 bits per heavy atom. The van der Waals surface area contributed by atoms with Crippen LogP contribution in [0.3, 0.4) is 0 Å². The average molecular weight is 438 g/mol. The van der Waals surface area contributed by atoms with E-state index in [-0.39, 0.29) is 12.5 Å². The smallest absolute Gasteiger partial charge is 0.313 e. The second-order valence-corrected chi connectivity index (χ2v) is 8.43. The molecule has 2 aromatic carbocycles. The Morgan fingerprint density at radius 2 is 2.00 bits per heavy atom. The first kappa shape index (κ1) is 21.0. The number of nitrogens with one attached hydrogen (secondary N) is 2. The van der Waals surface area contributed by atoms with Crippen molar-refractivity contribution in [3.05, 3.63) is 59.0 Å². The molecule has 1 aliphatic heterocycles. The Bertz CT molecular complexity index is 1160. The second kappa shape index (κ2) is 8.87. The zero-order chi connectivity index (χ0) is 22.0. The van der Waals surface area contributed by atoms with Gasteiger partial charge in [-0.3, -0.25) is 14.4 Å². The van der Waals surface area contributed by atoms with Gasteiger partial charge in [-0.1, -0.05) is 24.3 Å². The molecule has 31 heavy (non-hydrogen) atoms. The van der Waals surface area contributed by atoms with Crippen LogP contribution < -0.4 is 15.5 Å². The summed E-state index contributed by atoms with van der Waals surface area (Å²) in [6, 6.07) is 12.9. The summed E-state index contributed by atoms with van der Waals surface area (Å²) >= 11 is 1.52. The molecule has 8 heteroatoms. The van der Waals surface area contributed by atoms with E-state index in [0.717, 1.165) is 33.3 Å². The van der Waals surface area contributed by atoms with E-state index in [1.165, 1.54) is 11.3 Å². The van der Waals surface area contributed by atoms with Crippen LogP contribution in [0.25, 0.3) is 10.1 Å². The Labute approximate surface area is 183 Å². The first-order chi connectivity index (χ1) is 14.9. The first-order valence-corrected chi connectivity index (χ1v) is 11.0. The van der Waals surface area contributed by atoms with Crippen LogP contribution in [0, 0.1) is 6.92 Å². The SMILES string of the molecule is Cc1ccc(NC(=O)C(=O)NCC(O)c2csc3ccccc23)cc1N1CCCC1=O. The van der Waals surface area contributed by atoms with Crippen molar-refractivity contribution < 1.29 is 19.5 Å². The van der Waals surface area contributed by atoms with Gasteiger partial charge >= 0.3 is 11.8 Å². The molecule has 3 amide bonds. The second-order valence-electron chi connectivity index (χ2n) is 7.52. The van der Waals surface area contributed by atoms with Gasteiger partial charge in [0.15, 0.2) is 0 Å². The Hall–Kier alpha value is -3.23. The molecule has 1 aliphatic rings. The van der Waals surface area contributed by atoms with Gasteiger partial charge in [0.25, 0.3) is 0 Å². The number of carbonyl (C=O) groups excluding carboxylic acids is 3. The quantitative estimate of drug-likeness (QED) is 0.534. The summed E-state index contributed by atoms with van der Waals surface area (Å²) in [5.74, 6) is -1.61. The number of hydrogen-bond donors (Lipinski definition) is 3. The van der Waals surface area contributed by atoms with Gasteiger partial charge in [0.1, 0.15) is 0 Å². The molecule has 0 spiro atoms. The Kier molecular flexibility index (Phi) is 6.01. The number of aliphatic hydroxyl groups excluding tert-OH is 1. The van der Waals surface area contributed by atoms with Crippen molar-refractivity contribution in [2.45, 2.75) is 25.9 Å². The van der Waals surface area contributed by atoms with E-state index in [4.69, 9.17) is 0 Å². The summed E-state index contributed by atoms with van der Waals surface area (Å²) in [5.41, 5.74) is 2.81. The average Bonchev–Trinajstić information content (AvgIpc) is 3.39. The number of amides is 3. The molecule has 3 aromatic rings. The van der Waals surface area contributed by atoms with Crippen LogP contribution in [0.15, 0.2) is 47.8 Å². The maximum absolute atomic E-state index is 12.3. The maximum atomic E-state index is 12.3. The van der Waals surface area contributed by atoms with Crippen molar-refractivity contribution >= 4 is 50.5 Å². The van der Waals surface area contributed by atoms with Gasteiger partial charge < -0.3 is 20.6 Å². The largest absolute Gasteiger partial charge is 0.387 e.